The molecule has 0 amide bonds. The molecule has 2 saturated heterocycles. The molecule has 0 bridgehead atoms. The number of nitrogens with two attached hydrogens (primary N) is 1. The Morgan fingerprint density at radius 1 is 1.00 bits per heavy atom. The van der Waals surface area contributed by atoms with Crippen molar-refractivity contribution < 1.29 is 0 Å². The smallest absolute Gasteiger partial charge is 0.0234 e. The van der Waals surface area contributed by atoms with Crippen LogP contribution < -0.4 is 5.73 Å². The van der Waals surface area contributed by atoms with Crippen molar-refractivity contribution >= 4 is 0 Å². The molecule has 2 aliphatic rings. The highest BCUT2D eigenvalue weighted by Gasteiger charge is 2.28. The lowest BCUT2D eigenvalue weighted by Gasteiger charge is -2.44. The first-order valence-corrected chi connectivity index (χ1v) is 8.09. The first-order chi connectivity index (χ1) is 9.85. The molecule has 3 rings (SSSR count). The summed E-state index contributed by atoms with van der Waals surface area (Å²) in [6.45, 7) is 6.91. The second-order valence-electron chi connectivity index (χ2n) is 6.28. The summed E-state index contributed by atoms with van der Waals surface area (Å²) in [7, 11) is 0. The van der Waals surface area contributed by atoms with Crippen molar-refractivity contribution in [3.8, 4) is 0 Å². The molecule has 1 atom stereocenters. The van der Waals surface area contributed by atoms with E-state index in [9.17, 15) is 0 Å². The molecule has 0 radical (unpaired) electrons. The van der Waals surface area contributed by atoms with Crippen LogP contribution in [-0.4, -0.2) is 48.6 Å². The van der Waals surface area contributed by atoms with Crippen LogP contribution in [0.5, 0.6) is 0 Å². The van der Waals surface area contributed by atoms with Crippen LogP contribution in [0.25, 0.3) is 0 Å². The maximum absolute atomic E-state index is 5.60. The van der Waals surface area contributed by atoms with Crippen LogP contribution in [0.1, 0.15) is 30.4 Å². The van der Waals surface area contributed by atoms with Crippen molar-refractivity contribution in [3.63, 3.8) is 0 Å². The molecule has 0 aromatic heterocycles. The monoisotopic (exact) mass is 273 g/mol. The van der Waals surface area contributed by atoms with Gasteiger partial charge in [0, 0.05) is 32.2 Å². The fourth-order valence-electron chi connectivity index (χ4n) is 3.60. The third-order valence-corrected chi connectivity index (χ3v) is 4.78. The number of hydrogen-bond donors (Lipinski definition) is 1. The maximum atomic E-state index is 5.60. The first kappa shape index (κ1) is 14.1. The topological polar surface area (TPSA) is 32.5 Å². The summed E-state index contributed by atoms with van der Waals surface area (Å²) in [4.78, 5) is 5.33. The van der Waals surface area contributed by atoms with E-state index in [1.807, 2.05) is 0 Å². The molecule has 3 heteroatoms. The second-order valence-corrected chi connectivity index (χ2v) is 6.28. The van der Waals surface area contributed by atoms with Gasteiger partial charge < -0.3 is 5.73 Å². The van der Waals surface area contributed by atoms with E-state index in [2.05, 4.69) is 34.1 Å². The summed E-state index contributed by atoms with van der Waals surface area (Å²) >= 11 is 0. The van der Waals surface area contributed by atoms with Crippen LogP contribution in [0.4, 0.5) is 0 Å². The fourth-order valence-corrected chi connectivity index (χ4v) is 3.60. The van der Waals surface area contributed by atoms with E-state index in [1.54, 1.807) is 0 Å². The third kappa shape index (κ3) is 3.40. The van der Waals surface area contributed by atoms with Gasteiger partial charge in [-0.15, -0.1) is 0 Å². The minimum Gasteiger partial charge on any atom is -0.330 e. The van der Waals surface area contributed by atoms with Gasteiger partial charge in [0.25, 0.3) is 0 Å². The zero-order chi connectivity index (χ0) is 13.8. The predicted molar refractivity (Wildman–Crippen MR) is 83.7 cm³/mol. The molecule has 0 saturated carbocycles. The largest absolute Gasteiger partial charge is 0.330 e. The highest BCUT2D eigenvalue weighted by atomic mass is 15.3. The lowest BCUT2D eigenvalue weighted by atomic mass is 9.99. The molecular weight excluding hydrogens is 246 g/mol. The number of piperidine rings is 1. The number of nitrogens with zero attached hydrogens (tertiary/aromatic N) is 2. The van der Waals surface area contributed by atoms with E-state index in [0.29, 0.717) is 0 Å². The zero-order valence-electron chi connectivity index (χ0n) is 12.4. The van der Waals surface area contributed by atoms with E-state index in [0.717, 1.165) is 25.6 Å². The van der Waals surface area contributed by atoms with Crippen molar-refractivity contribution in [3.05, 3.63) is 35.4 Å². The molecule has 3 nitrogen and oxygen atoms in total. The molecule has 0 unspecified atom stereocenters. The Morgan fingerprint density at radius 2 is 1.80 bits per heavy atom. The quantitative estimate of drug-likeness (QED) is 0.909. The molecular formula is C17H27N3. The molecule has 2 aliphatic heterocycles. The van der Waals surface area contributed by atoms with E-state index in [1.165, 1.54) is 56.6 Å². The molecule has 110 valence electrons. The summed E-state index contributed by atoms with van der Waals surface area (Å²) in [6, 6.07) is 9.84. The summed E-state index contributed by atoms with van der Waals surface area (Å²) < 4.78 is 0. The summed E-state index contributed by atoms with van der Waals surface area (Å²) in [5.74, 6) is 0. The van der Waals surface area contributed by atoms with Crippen LogP contribution >= 0.6 is 0 Å². The van der Waals surface area contributed by atoms with Gasteiger partial charge in [-0.2, -0.15) is 0 Å². The molecule has 1 aromatic rings. The number of hydrogen-bond acceptors (Lipinski definition) is 3. The Kier molecular flexibility index (Phi) is 4.71. The van der Waals surface area contributed by atoms with Crippen LogP contribution in [0.3, 0.4) is 0 Å². The average molecular weight is 273 g/mol. The first-order valence-electron chi connectivity index (χ1n) is 8.09. The predicted octanol–water partition coefficient (Wildman–Crippen LogP) is 1.86. The van der Waals surface area contributed by atoms with Crippen molar-refractivity contribution in [1.29, 1.82) is 0 Å². The zero-order valence-corrected chi connectivity index (χ0v) is 12.4. The van der Waals surface area contributed by atoms with E-state index < -0.39 is 0 Å². The van der Waals surface area contributed by atoms with Gasteiger partial charge in [-0.1, -0.05) is 30.7 Å². The number of rotatable bonds is 4. The molecule has 0 spiro atoms. The van der Waals surface area contributed by atoms with E-state index in [4.69, 9.17) is 5.73 Å². The van der Waals surface area contributed by atoms with Gasteiger partial charge in [-0.05, 0) is 43.5 Å². The Balaban J connectivity index is 1.55. The van der Waals surface area contributed by atoms with Gasteiger partial charge >= 0.3 is 0 Å². The van der Waals surface area contributed by atoms with Crippen molar-refractivity contribution in [2.24, 2.45) is 5.73 Å². The van der Waals surface area contributed by atoms with Crippen molar-refractivity contribution in [2.75, 3.05) is 32.7 Å². The van der Waals surface area contributed by atoms with Gasteiger partial charge in [-0.3, -0.25) is 9.80 Å². The SMILES string of the molecule is NCCc1ccc(CN2CCN3CCCC[C@H]3C2)cc1. The van der Waals surface area contributed by atoms with Crippen LogP contribution in [0.2, 0.25) is 0 Å². The minimum absolute atomic E-state index is 0.739. The van der Waals surface area contributed by atoms with Crippen molar-refractivity contribution in [2.45, 2.75) is 38.3 Å². The van der Waals surface area contributed by atoms with Gasteiger partial charge in [-0.25, -0.2) is 0 Å². The Labute approximate surface area is 122 Å². The van der Waals surface area contributed by atoms with Crippen LogP contribution in [0, 0.1) is 0 Å². The number of benzene rings is 1. The van der Waals surface area contributed by atoms with E-state index in [-0.39, 0.29) is 0 Å². The van der Waals surface area contributed by atoms with E-state index >= 15 is 0 Å². The van der Waals surface area contributed by atoms with Crippen LogP contribution in [-0.2, 0) is 13.0 Å². The Morgan fingerprint density at radius 3 is 2.60 bits per heavy atom. The molecule has 1 aromatic carbocycles. The maximum Gasteiger partial charge on any atom is 0.0234 e. The van der Waals surface area contributed by atoms with Gasteiger partial charge in [0.1, 0.15) is 0 Å². The van der Waals surface area contributed by atoms with Gasteiger partial charge in [0.15, 0.2) is 0 Å². The van der Waals surface area contributed by atoms with Crippen LogP contribution in [0.15, 0.2) is 24.3 Å². The van der Waals surface area contributed by atoms with Gasteiger partial charge in [0.2, 0.25) is 0 Å². The molecule has 2 heterocycles. The highest BCUT2D eigenvalue weighted by molar-refractivity contribution is 5.22. The standard InChI is InChI=1S/C17H27N3/c18-9-8-15-4-6-16(7-5-15)13-19-11-12-20-10-2-1-3-17(20)14-19/h4-7,17H,1-3,8-14,18H2/t17-/m0/s1. The van der Waals surface area contributed by atoms with Crippen molar-refractivity contribution in [1.82, 2.24) is 9.80 Å². The summed E-state index contributed by atoms with van der Waals surface area (Å²) in [5.41, 5.74) is 8.39. The lowest BCUT2D eigenvalue weighted by Crippen LogP contribution is -2.54. The summed E-state index contributed by atoms with van der Waals surface area (Å²) in [5, 5.41) is 0. The second kappa shape index (κ2) is 6.70. The third-order valence-electron chi connectivity index (χ3n) is 4.78. The fraction of sp³-hybridized carbons (Fsp3) is 0.647. The lowest BCUT2D eigenvalue weighted by molar-refractivity contribution is 0.0457. The Hall–Kier alpha value is -0.900. The minimum atomic E-state index is 0.739. The van der Waals surface area contributed by atoms with Gasteiger partial charge in [0.05, 0.1) is 0 Å². The normalized spacial score (nSPS) is 24.6. The number of fused-ring (bicyclic) bond motifs is 1. The molecule has 0 aliphatic carbocycles. The highest BCUT2D eigenvalue weighted by Crippen LogP contribution is 2.22. The average Bonchev–Trinajstić information content (AvgIpc) is 2.49. The Bertz CT molecular complexity index is 415. The molecule has 20 heavy (non-hydrogen) atoms. The molecule has 2 fully saturated rings. The summed E-state index contributed by atoms with van der Waals surface area (Å²) in [6.07, 6.45) is 5.20. The molecule has 2 N–H and O–H groups in total. The number of piperazine rings is 1.